The highest BCUT2D eigenvalue weighted by atomic mass is 35.5. The van der Waals surface area contributed by atoms with E-state index in [1.54, 1.807) is 23.7 Å². The van der Waals surface area contributed by atoms with Crippen molar-refractivity contribution in [2.75, 3.05) is 40.0 Å². The SMILES string of the molecule is CO[C@@H](COc1cc(/C(=N/N[C@@H]2CCN(C3COC3)C[C@@H]2F)C(C)=N)cn2ncc(Cl)c12)c1ccc(F)cn1. The molecule has 2 aliphatic heterocycles. The number of hydrogen-bond donors (Lipinski definition) is 2. The molecule has 13 heteroatoms. The summed E-state index contributed by atoms with van der Waals surface area (Å²) in [5, 5.41) is 17.5. The zero-order valence-corrected chi connectivity index (χ0v) is 22.4. The van der Waals surface area contributed by atoms with Crippen LogP contribution < -0.4 is 10.2 Å². The third-order valence-corrected chi connectivity index (χ3v) is 7.24. The summed E-state index contributed by atoms with van der Waals surface area (Å²) in [6, 6.07) is 4.35. The van der Waals surface area contributed by atoms with Gasteiger partial charge in [-0.15, -0.1) is 0 Å². The fraction of sp³-hybridized carbons (Fsp3) is 0.462. The van der Waals surface area contributed by atoms with E-state index in [0.717, 1.165) is 12.7 Å². The Kier molecular flexibility index (Phi) is 8.36. The van der Waals surface area contributed by atoms with Gasteiger partial charge in [0.1, 0.15) is 41.7 Å². The van der Waals surface area contributed by atoms with Gasteiger partial charge in [0.2, 0.25) is 0 Å². The molecule has 2 aliphatic rings. The highest BCUT2D eigenvalue weighted by Crippen LogP contribution is 2.30. The van der Waals surface area contributed by atoms with Crippen LogP contribution in [-0.2, 0) is 9.47 Å². The molecule has 3 aromatic rings. The van der Waals surface area contributed by atoms with Crippen molar-refractivity contribution in [2.24, 2.45) is 5.10 Å². The van der Waals surface area contributed by atoms with Gasteiger partial charge in [0.05, 0.1) is 54.1 Å². The molecule has 208 valence electrons. The molecule has 3 aromatic heterocycles. The number of likely N-dealkylation sites (tertiary alicyclic amines) is 1. The summed E-state index contributed by atoms with van der Waals surface area (Å²) in [4.78, 5) is 6.20. The van der Waals surface area contributed by atoms with Gasteiger partial charge in [-0.1, -0.05) is 11.6 Å². The summed E-state index contributed by atoms with van der Waals surface area (Å²) >= 11 is 6.40. The van der Waals surface area contributed by atoms with Crippen molar-refractivity contribution < 1.29 is 23.0 Å². The quantitative estimate of drug-likeness (QED) is 0.288. The lowest BCUT2D eigenvalue weighted by Crippen LogP contribution is -2.57. The molecule has 0 bridgehead atoms. The van der Waals surface area contributed by atoms with E-state index < -0.39 is 24.1 Å². The van der Waals surface area contributed by atoms with Crippen LogP contribution in [0.3, 0.4) is 0 Å². The number of rotatable bonds is 10. The molecule has 10 nitrogen and oxygen atoms in total. The van der Waals surface area contributed by atoms with Gasteiger partial charge in [0, 0.05) is 32.0 Å². The maximum atomic E-state index is 15.0. The Morgan fingerprint density at radius 1 is 1.36 bits per heavy atom. The molecular weight excluding hydrogens is 532 g/mol. The van der Waals surface area contributed by atoms with E-state index in [4.69, 9.17) is 31.2 Å². The van der Waals surface area contributed by atoms with Crippen LogP contribution in [0.4, 0.5) is 8.78 Å². The molecule has 39 heavy (non-hydrogen) atoms. The number of halogens is 3. The monoisotopic (exact) mass is 561 g/mol. The molecule has 0 radical (unpaired) electrons. The third-order valence-electron chi connectivity index (χ3n) is 6.97. The van der Waals surface area contributed by atoms with Gasteiger partial charge in [0.25, 0.3) is 0 Å². The number of fused-ring (bicyclic) bond motifs is 1. The van der Waals surface area contributed by atoms with Crippen molar-refractivity contribution in [3.8, 4) is 5.75 Å². The smallest absolute Gasteiger partial charge is 0.147 e. The minimum absolute atomic E-state index is 0.0538. The Morgan fingerprint density at radius 3 is 2.82 bits per heavy atom. The van der Waals surface area contributed by atoms with Crippen molar-refractivity contribution in [3.05, 3.63) is 58.9 Å². The van der Waals surface area contributed by atoms with Crippen LogP contribution in [0.2, 0.25) is 5.02 Å². The number of hydrogen-bond acceptors (Lipinski definition) is 9. The fourth-order valence-electron chi connectivity index (χ4n) is 4.66. The van der Waals surface area contributed by atoms with Crippen molar-refractivity contribution in [3.63, 3.8) is 0 Å². The lowest BCUT2D eigenvalue weighted by atomic mass is 10.0. The summed E-state index contributed by atoms with van der Waals surface area (Å²) in [5.74, 6) is -0.0671. The lowest BCUT2D eigenvalue weighted by molar-refractivity contribution is -0.0818. The van der Waals surface area contributed by atoms with Gasteiger partial charge in [0.15, 0.2) is 0 Å². The Labute approximate surface area is 229 Å². The van der Waals surface area contributed by atoms with E-state index >= 15 is 0 Å². The molecule has 0 unspecified atom stereocenters. The highest BCUT2D eigenvalue weighted by molar-refractivity contribution is 6.46. The van der Waals surface area contributed by atoms with Crippen molar-refractivity contribution in [1.29, 1.82) is 5.41 Å². The first-order chi connectivity index (χ1) is 18.8. The number of pyridine rings is 2. The van der Waals surface area contributed by atoms with Gasteiger partial charge in [-0.05, 0) is 31.5 Å². The second-order valence-corrected chi connectivity index (χ2v) is 10.0. The molecule has 0 aliphatic carbocycles. The maximum absolute atomic E-state index is 15.0. The molecule has 2 fully saturated rings. The second kappa shape index (κ2) is 11.9. The van der Waals surface area contributed by atoms with Crippen LogP contribution in [0, 0.1) is 11.2 Å². The van der Waals surface area contributed by atoms with E-state index in [0.29, 0.717) is 59.4 Å². The number of hydrazone groups is 1. The topological polar surface area (TPSA) is 109 Å². The Bertz CT molecular complexity index is 1350. The van der Waals surface area contributed by atoms with Gasteiger partial charge < -0.3 is 25.0 Å². The van der Waals surface area contributed by atoms with Crippen LogP contribution in [0.15, 0.2) is 41.9 Å². The van der Waals surface area contributed by atoms with E-state index in [-0.39, 0.29) is 18.4 Å². The Morgan fingerprint density at radius 2 is 2.18 bits per heavy atom. The summed E-state index contributed by atoms with van der Waals surface area (Å²) in [6.07, 6.45) is 3.20. The number of ether oxygens (including phenoxy) is 3. The molecule has 0 spiro atoms. The number of nitrogens with zero attached hydrogens (tertiary/aromatic N) is 5. The minimum atomic E-state index is -1.10. The molecule has 3 atom stereocenters. The van der Waals surface area contributed by atoms with Crippen molar-refractivity contribution in [2.45, 2.75) is 37.7 Å². The summed E-state index contributed by atoms with van der Waals surface area (Å²) in [7, 11) is 1.51. The van der Waals surface area contributed by atoms with Crippen LogP contribution in [0.25, 0.3) is 5.52 Å². The zero-order chi connectivity index (χ0) is 27.5. The molecule has 0 amide bonds. The van der Waals surface area contributed by atoms with Crippen LogP contribution >= 0.6 is 11.6 Å². The van der Waals surface area contributed by atoms with Crippen LogP contribution in [0.1, 0.15) is 30.7 Å². The zero-order valence-electron chi connectivity index (χ0n) is 21.6. The van der Waals surface area contributed by atoms with Crippen LogP contribution in [-0.4, -0.2) is 89.2 Å². The first-order valence-electron chi connectivity index (χ1n) is 12.6. The molecular formula is C26H30ClF2N7O3. The summed E-state index contributed by atoms with van der Waals surface area (Å²) in [5.41, 5.74) is 5.02. The lowest BCUT2D eigenvalue weighted by Gasteiger charge is -2.42. The van der Waals surface area contributed by atoms with E-state index in [1.807, 2.05) is 0 Å². The fourth-order valence-corrected chi connectivity index (χ4v) is 4.88. The number of methoxy groups -OCH3 is 1. The predicted molar refractivity (Wildman–Crippen MR) is 142 cm³/mol. The first-order valence-corrected chi connectivity index (χ1v) is 13.0. The minimum Gasteiger partial charge on any atom is -0.488 e. The van der Waals surface area contributed by atoms with E-state index in [1.165, 1.54) is 25.4 Å². The molecule has 0 saturated carbocycles. The molecule has 0 aromatic carbocycles. The van der Waals surface area contributed by atoms with E-state index in [2.05, 4.69) is 25.5 Å². The highest BCUT2D eigenvalue weighted by Gasteiger charge is 2.35. The number of nitrogens with one attached hydrogen (secondary N) is 2. The molecule has 2 saturated heterocycles. The van der Waals surface area contributed by atoms with Crippen LogP contribution in [0.5, 0.6) is 5.75 Å². The van der Waals surface area contributed by atoms with Crippen molar-refractivity contribution >= 4 is 28.5 Å². The molecule has 2 N–H and O–H groups in total. The number of alkyl halides is 1. The number of aromatic nitrogens is 3. The second-order valence-electron chi connectivity index (χ2n) is 9.63. The molecule has 5 heterocycles. The van der Waals surface area contributed by atoms with E-state index in [9.17, 15) is 8.78 Å². The van der Waals surface area contributed by atoms with Gasteiger partial charge in [-0.3, -0.25) is 9.88 Å². The standard InChI is InChI=1S/C26H30ClF2N7O3/c1-15(30)25(34-33-21-5-6-35(11-20(21)29)18-12-38-13-18)16-7-23(26-19(27)9-32-36(26)10-16)39-14-24(37-2)22-4-3-17(28)8-31-22/h3-4,7-10,18,20-21,24,30,33H,5-6,11-14H2,1-2H3/b30-15?,34-25+/t20-,21+,24-/m0/s1. The van der Waals surface area contributed by atoms with Gasteiger partial charge in [-0.25, -0.2) is 13.3 Å². The largest absolute Gasteiger partial charge is 0.488 e. The third kappa shape index (κ3) is 6.03. The average molecular weight is 562 g/mol. The summed E-state index contributed by atoms with van der Waals surface area (Å²) in [6.45, 7) is 4.03. The average Bonchev–Trinajstić information content (AvgIpc) is 3.26. The normalized spacial score (nSPS) is 21.5. The summed E-state index contributed by atoms with van der Waals surface area (Å²) < 4.78 is 46.7. The van der Waals surface area contributed by atoms with Gasteiger partial charge >= 0.3 is 0 Å². The van der Waals surface area contributed by atoms with Gasteiger partial charge in [-0.2, -0.15) is 10.2 Å². The maximum Gasteiger partial charge on any atom is 0.147 e. The number of piperidine rings is 1. The Balaban J connectivity index is 1.36. The van der Waals surface area contributed by atoms with Crippen molar-refractivity contribution in [1.82, 2.24) is 24.9 Å². The Hall–Kier alpha value is -3.19. The first kappa shape index (κ1) is 27.4. The molecule has 5 rings (SSSR count). The predicted octanol–water partition coefficient (Wildman–Crippen LogP) is 3.43.